The summed E-state index contributed by atoms with van der Waals surface area (Å²) in [5.74, 6) is -0.230. The van der Waals surface area contributed by atoms with E-state index in [4.69, 9.17) is 17.3 Å². The molecule has 0 spiro atoms. The largest absolute Gasteiger partial charge is 0.329 e. The maximum atomic E-state index is 13.3. The Morgan fingerprint density at radius 2 is 2.06 bits per heavy atom. The standard InChI is InChI=1S/C12H18ClFN2/c1-8-4-10(13)9(5-11(8)14)6-16-12(2,3)7-15/h4-5,16H,6-7,15H2,1-3H3. The molecule has 0 saturated carbocycles. The molecule has 0 atom stereocenters. The first-order valence-corrected chi connectivity index (χ1v) is 5.63. The van der Waals surface area contributed by atoms with Crippen molar-refractivity contribution in [1.82, 2.24) is 5.32 Å². The third-order valence-corrected chi connectivity index (χ3v) is 2.95. The molecule has 1 rings (SSSR count). The molecule has 0 unspecified atom stereocenters. The van der Waals surface area contributed by atoms with Gasteiger partial charge in [0.15, 0.2) is 0 Å². The van der Waals surface area contributed by atoms with Gasteiger partial charge in [0.25, 0.3) is 0 Å². The Kier molecular flexibility index (Phi) is 4.30. The first kappa shape index (κ1) is 13.4. The summed E-state index contributed by atoms with van der Waals surface area (Å²) in [7, 11) is 0. The fraction of sp³-hybridized carbons (Fsp3) is 0.500. The maximum absolute atomic E-state index is 13.3. The molecule has 0 aromatic heterocycles. The number of hydrogen-bond donors (Lipinski definition) is 2. The fourth-order valence-electron chi connectivity index (χ4n) is 1.23. The number of halogens is 2. The maximum Gasteiger partial charge on any atom is 0.126 e. The van der Waals surface area contributed by atoms with E-state index in [0.29, 0.717) is 23.7 Å². The Morgan fingerprint density at radius 3 is 2.62 bits per heavy atom. The van der Waals surface area contributed by atoms with Crippen LogP contribution in [0.15, 0.2) is 12.1 Å². The van der Waals surface area contributed by atoms with Gasteiger partial charge in [-0.2, -0.15) is 0 Å². The highest BCUT2D eigenvalue weighted by Crippen LogP contribution is 2.20. The molecule has 3 N–H and O–H groups in total. The molecular formula is C12H18ClFN2. The number of benzene rings is 1. The van der Waals surface area contributed by atoms with Crippen molar-refractivity contribution in [2.45, 2.75) is 32.9 Å². The number of rotatable bonds is 4. The minimum absolute atomic E-state index is 0.176. The van der Waals surface area contributed by atoms with Gasteiger partial charge >= 0.3 is 0 Å². The van der Waals surface area contributed by atoms with Crippen molar-refractivity contribution < 1.29 is 4.39 Å². The van der Waals surface area contributed by atoms with Crippen LogP contribution in [0.5, 0.6) is 0 Å². The fourth-order valence-corrected chi connectivity index (χ4v) is 1.51. The molecule has 2 nitrogen and oxygen atoms in total. The van der Waals surface area contributed by atoms with Crippen molar-refractivity contribution in [1.29, 1.82) is 0 Å². The Labute approximate surface area is 101 Å². The van der Waals surface area contributed by atoms with Gasteiger partial charge in [0, 0.05) is 23.7 Å². The molecule has 0 aliphatic carbocycles. The number of nitrogens with one attached hydrogen (secondary N) is 1. The third kappa shape index (κ3) is 3.44. The zero-order chi connectivity index (χ0) is 12.3. The van der Waals surface area contributed by atoms with Crippen LogP contribution in [0.4, 0.5) is 4.39 Å². The van der Waals surface area contributed by atoms with Gasteiger partial charge in [-0.1, -0.05) is 11.6 Å². The number of hydrogen-bond acceptors (Lipinski definition) is 2. The van der Waals surface area contributed by atoms with Crippen LogP contribution in [0.1, 0.15) is 25.0 Å². The lowest BCUT2D eigenvalue weighted by Gasteiger charge is -2.24. The minimum atomic E-state index is -0.230. The predicted molar refractivity (Wildman–Crippen MR) is 66.1 cm³/mol. The lowest BCUT2D eigenvalue weighted by Crippen LogP contribution is -2.45. The summed E-state index contributed by atoms with van der Waals surface area (Å²) >= 11 is 6.04. The summed E-state index contributed by atoms with van der Waals surface area (Å²) in [6, 6.07) is 3.11. The van der Waals surface area contributed by atoms with Crippen LogP contribution in [0, 0.1) is 12.7 Å². The second kappa shape index (κ2) is 5.13. The van der Waals surface area contributed by atoms with E-state index >= 15 is 0 Å². The van der Waals surface area contributed by atoms with Gasteiger partial charge in [-0.3, -0.25) is 0 Å². The minimum Gasteiger partial charge on any atom is -0.329 e. The Morgan fingerprint density at radius 1 is 1.44 bits per heavy atom. The second-order valence-electron chi connectivity index (χ2n) is 4.63. The summed E-state index contributed by atoms with van der Waals surface area (Å²) in [6.45, 7) is 6.71. The Bertz CT molecular complexity index is 378. The summed E-state index contributed by atoms with van der Waals surface area (Å²) in [6.07, 6.45) is 0. The molecule has 90 valence electrons. The summed E-state index contributed by atoms with van der Waals surface area (Å²) in [5.41, 5.74) is 6.73. The van der Waals surface area contributed by atoms with Gasteiger partial charge < -0.3 is 11.1 Å². The Balaban J connectivity index is 2.79. The first-order valence-electron chi connectivity index (χ1n) is 5.25. The van der Waals surface area contributed by atoms with Gasteiger partial charge in [0.2, 0.25) is 0 Å². The highest BCUT2D eigenvalue weighted by Gasteiger charge is 2.15. The van der Waals surface area contributed by atoms with Gasteiger partial charge in [0.1, 0.15) is 5.82 Å². The van der Waals surface area contributed by atoms with E-state index in [2.05, 4.69) is 5.32 Å². The van der Waals surface area contributed by atoms with Crippen LogP contribution < -0.4 is 11.1 Å². The van der Waals surface area contributed by atoms with E-state index in [1.807, 2.05) is 13.8 Å². The molecule has 4 heteroatoms. The van der Waals surface area contributed by atoms with E-state index in [1.165, 1.54) is 6.07 Å². The SMILES string of the molecule is Cc1cc(Cl)c(CNC(C)(C)CN)cc1F. The van der Waals surface area contributed by atoms with Gasteiger partial charge in [-0.25, -0.2) is 4.39 Å². The van der Waals surface area contributed by atoms with Crippen molar-refractivity contribution in [3.05, 3.63) is 34.1 Å². The van der Waals surface area contributed by atoms with E-state index in [0.717, 1.165) is 5.56 Å². The molecule has 0 heterocycles. The average Bonchev–Trinajstić information content (AvgIpc) is 2.22. The van der Waals surface area contributed by atoms with Crippen LogP contribution in [0.2, 0.25) is 5.02 Å². The molecule has 0 aliphatic heterocycles. The lowest BCUT2D eigenvalue weighted by molar-refractivity contribution is 0.396. The predicted octanol–water partition coefficient (Wildman–Crippen LogP) is 2.61. The van der Waals surface area contributed by atoms with Crippen LogP contribution in [0.25, 0.3) is 0 Å². The second-order valence-corrected chi connectivity index (χ2v) is 5.04. The average molecular weight is 245 g/mol. The molecule has 0 saturated heterocycles. The van der Waals surface area contributed by atoms with Gasteiger partial charge in [-0.15, -0.1) is 0 Å². The molecule has 1 aromatic carbocycles. The third-order valence-electron chi connectivity index (χ3n) is 2.60. The Hall–Kier alpha value is -0.640. The van der Waals surface area contributed by atoms with Crippen molar-refractivity contribution in [2.75, 3.05) is 6.54 Å². The van der Waals surface area contributed by atoms with Crippen molar-refractivity contribution in [3.8, 4) is 0 Å². The van der Waals surface area contributed by atoms with E-state index < -0.39 is 0 Å². The zero-order valence-corrected chi connectivity index (χ0v) is 10.7. The molecule has 0 radical (unpaired) electrons. The normalized spacial score (nSPS) is 11.9. The highest BCUT2D eigenvalue weighted by molar-refractivity contribution is 6.31. The van der Waals surface area contributed by atoms with Crippen molar-refractivity contribution in [2.24, 2.45) is 5.73 Å². The zero-order valence-electron chi connectivity index (χ0n) is 9.90. The first-order chi connectivity index (χ1) is 7.35. The number of nitrogens with two attached hydrogens (primary N) is 1. The topological polar surface area (TPSA) is 38.0 Å². The van der Waals surface area contributed by atoms with Gasteiger partial charge in [0.05, 0.1) is 0 Å². The van der Waals surface area contributed by atoms with E-state index in [-0.39, 0.29) is 11.4 Å². The van der Waals surface area contributed by atoms with Crippen LogP contribution in [0.3, 0.4) is 0 Å². The molecule has 1 aromatic rings. The molecule has 0 aliphatic rings. The van der Waals surface area contributed by atoms with Crippen molar-refractivity contribution in [3.63, 3.8) is 0 Å². The molecule has 0 bridgehead atoms. The lowest BCUT2D eigenvalue weighted by atomic mass is 10.1. The monoisotopic (exact) mass is 244 g/mol. The van der Waals surface area contributed by atoms with Gasteiger partial charge in [-0.05, 0) is 44.0 Å². The van der Waals surface area contributed by atoms with Crippen LogP contribution in [-0.2, 0) is 6.54 Å². The quantitative estimate of drug-likeness (QED) is 0.855. The summed E-state index contributed by atoms with van der Waals surface area (Å²) in [4.78, 5) is 0. The van der Waals surface area contributed by atoms with E-state index in [9.17, 15) is 4.39 Å². The molecule has 16 heavy (non-hydrogen) atoms. The molecule has 0 amide bonds. The smallest absolute Gasteiger partial charge is 0.126 e. The van der Waals surface area contributed by atoms with E-state index in [1.54, 1.807) is 13.0 Å². The van der Waals surface area contributed by atoms with Crippen molar-refractivity contribution >= 4 is 11.6 Å². The molecular weight excluding hydrogens is 227 g/mol. The number of aryl methyl sites for hydroxylation is 1. The van der Waals surface area contributed by atoms with Crippen LogP contribution >= 0.6 is 11.6 Å². The van der Waals surface area contributed by atoms with Crippen LogP contribution in [-0.4, -0.2) is 12.1 Å². The summed E-state index contributed by atoms with van der Waals surface area (Å²) < 4.78 is 13.3. The highest BCUT2D eigenvalue weighted by atomic mass is 35.5. The molecule has 0 fully saturated rings. The summed E-state index contributed by atoms with van der Waals surface area (Å²) in [5, 5.41) is 3.82.